The average Bonchev–Trinajstić information content (AvgIpc) is 1.39. The second kappa shape index (κ2) is 16.9. The van der Waals surface area contributed by atoms with E-state index in [-0.39, 0.29) is 0 Å². The van der Waals surface area contributed by atoms with Crippen molar-refractivity contribution in [2.75, 3.05) is 6.66 Å². The molecule has 0 saturated carbocycles. The summed E-state index contributed by atoms with van der Waals surface area (Å²) in [6.45, 7) is 1.49. The molecule has 0 aromatic heterocycles. The lowest BCUT2D eigenvalue weighted by Crippen LogP contribution is -1.03. The molecule has 0 saturated heterocycles. The molecular formula is C2H6FP2S-. The Morgan fingerprint density at radius 1 is 2.00 bits per heavy atom. The van der Waals surface area contributed by atoms with Crippen LogP contribution in [0.1, 0.15) is 0 Å². The molecule has 0 rings (SSSR count). The van der Waals surface area contributed by atoms with Gasteiger partial charge in [0.15, 0.2) is 0 Å². The van der Waals surface area contributed by atoms with Crippen molar-refractivity contribution >= 4 is 34.8 Å². The van der Waals surface area contributed by atoms with Crippen LogP contribution in [0.4, 0.5) is 4.20 Å². The molecule has 0 amide bonds. The van der Waals surface area contributed by atoms with Crippen molar-refractivity contribution in [3.63, 3.8) is 0 Å². The lowest BCUT2D eigenvalue weighted by Gasteiger charge is -1.67. The molecule has 0 N–H and O–H groups in total. The van der Waals surface area contributed by atoms with E-state index in [4.69, 9.17) is 0 Å². The third kappa shape index (κ3) is 94.9. The molecule has 0 bridgehead atoms. The van der Waals surface area contributed by atoms with Crippen LogP contribution in [0.2, 0.25) is 0 Å². The van der Waals surface area contributed by atoms with Gasteiger partial charge in [-0.3, -0.25) is 7.41 Å². The first kappa shape index (κ1) is 9.99. The largest absolute Gasteiger partial charge is 0.728 e. The van der Waals surface area contributed by atoms with Gasteiger partial charge in [0.2, 0.25) is 0 Å². The Hall–Kier alpha value is 0.880. The Morgan fingerprint density at radius 2 is 2.00 bits per heavy atom. The maximum atomic E-state index is 10.3. The molecular weight excluding hydrogens is 137 g/mol. The number of hydrogen-bond donors (Lipinski definition) is 0. The summed E-state index contributed by atoms with van der Waals surface area (Å²) in [6.07, 6.45) is 3.27. The van der Waals surface area contributed by atoms with Gasteiger partial charge in [-0.15, -0.1) is 6.30 Å². The van der Waals surface area contributed by atoms with E-state index >= 15 is 0 Å². The highest BCUT2D eigenvalue weighted by Crippen LogP contribution is 1.97. The molecule has 0 aliphatic carbocycles. The van der Waals surface area contributed by atoms with E-state index < -0.39 is 8.89 Å². The molecule has 1 atom stereocenters. The summed E-state index contributed by atoms with van der Waals surface area (Å²) in [5.74, 6) is 0. The fraction of sp³-hybridized carbons (Fsp3) is 0.500. The predicted octanol–water partition coefficient (Wildman–Crippen LogP) is 2.01. The van der Waals surface area contributed by atoms with Crippen molar-refractivity contribution in [2.24, 2.45) is 0 Å². The maximum absolute atomic E-state index is 10.3. The average molecular weight is 143 g/mol. The highest BCUT2D eigenvalue weighted by Gasteiger charge is 1.39. The summed E-state index contributed by atoms with van der Waals surface area (Å²) >= 11 is 4.25. The minimum absolute atomic E-state index is 0.417. The van der Waals surface area contributed by atoms with Gasteiger partial charge in [0.1, 0.15) is 0 Å². The van der Waals surface area contributed by atoms with Crippen LogP contribution in [0, 0.1) is 0 Å². The monoisotopic (exact) mass is 143 g/mol. The Morgan fingerprint density at radius 3 is 2.00 bits per heavy atom. The minimum atomic E-state index is -0.417. The van der Waals surface area contributed by atoms with Crippen LogP contribution >= 0.6 is 16.3 Å². The minimum Gasteiger partial charge on any atom is -0.728 e. The van der Waals surface area contributed by atoms with Crippen LogP contribution in [0.3, 0.4) is 0 Å². The van der Waals surface area contributed by atoms with Crippen LogP contribution in [0.15, 0.2) is 0 Å². The Balaban J connectivity index is 0. The first-order valence-electron chi connectivity index (χ1n) is 1.19. The summed E-state index contributed by atoms with van der Waals surface area (Å²) in [7, 11) is 0.333. The molecule has 0 aliphatic rings. The van der Waals surface area contributed by atoms with Crippen molar-refractivity contribution in [3.8, 4) is 0 Å². The highest BCUT2D eigenvalue weighted by molar-refractivity contribution is 8.23. The summed E-state index contributed by atoms with van der Waals surface area (Å²) in [5, 5.41) is 0. The van der Waals surface area contributed by atoms with Gasteiger partial charge in [-0.05, 0) is 6.66 Å². The van der Waals surface area contributed by atoms with E-state index in [1.54, 1.807) is 0 Å². The highest BCUT2D eigenvalue weighted by atomic mass is 32.7. The van der Waals surface area contributed by atoms with Crippen molar-refractivity contribution in [1.29, 1.82) is 0 Å². The molecule has 1 unspecified atom stereocenters. The molecule has 6 heavy (non-hydrogen) atoms. The van der Waals surface area contributed by atoms with Crippen LogP contribution in [-0.2, 0) is 12.2 Å². The van der Waals surface area contributed by atoms with Crippen LogP contribution in [0.25, 0.3) is 0 Å². The van der Waals surface area contributed by atoms with Gasteiger partial charge in [0, 0.05) is 0 Å². The zero-order chi connectivity index (χ0) is 5.41. The zero-order valence-electron chi connectivity index (χ0n) is 3.44. The molecule has 0 aromatic carbocycles. The topological polar surface area (TPSA) is 0 Å². The van der Waals surface area contributed by atoms with Crippen molar-refractivity contribution < 1.29 is 4.20 Å². The number of hydrogen-bond acceptors (Lipinski definition) is 1. The molecule has 0 fully saturated rings. The van der Waals surface area contributed by atoms with E-state index in [1.807, 2.05) is 0 Å². The Labute approximate surface area is 46.4 Å². The van der Waals surface area contributed by atoms with Crippen LogP contribution < -0.4 is 0 Å². The van der Waals surface area contributed by atoms with Gasteiger partial charge in [0.05, 0.1) is 8.89 Å². The number of halogens is 1. The van der Waals surface area contributed by atoms with Crippen molar-refractivity contribution in [2.45, 2.75) is 0 Å². The number of rotatable bonds is 0. The van der Waals surface area contributed by atoms with E-state index in [9.17, 15) is 4.20 Å². The summed E-state index contributed by atoms with van der Waals surface area (Å²) in [4.78, 5) is 0. The van der Waals surface area contributed by atoms with Gasteiger partial charge in [-0.25, -0.2) is 4.20 Å². The lowest BCUT2D eigenvalue weighted by molar-refractivity contribution is 0.925. The molecule has 0 heterocycles. The molecule has 0 aliphatic heterocycles. The first-order chi connectivity index (χ1) is 2.83. The second-order valence-electron chi connectivity index (χ2n) is 0.318. The Bertz CT molecular complexity index is 25.5. The first-order valence-corrected chi connectivity index (χ1v) is 4.66. The van der Waals surface area contributed by atoms with Crippen molar-refractivity contribution in [3.05, 3.63) is 0 Å². The molecule has 0 aromatic rings. The third-order valence-electron chi connectivity index (χ3n) is 0. The normalized spacial score (nSPS) is 8.50. The maximum Gasteiger partial charge on any atom is 0.0639 e. The van der Waals surface area contributed by atoms with E-state index in [2.05, 4.69) is 18.5 Å². The van der Waals surface area contributed by atoms with Crippen LogP contribution in [0.5, 0.6) is 0 Å². The molecule has 0 spiro atoms. The summed E-state index contributed by atoms with van der Waals surface area (Å²) in [5.41, 5.74) is 0. The van der Waals surface area contributed by atoms with Gasteiger partial charge in [0.25, 0.3) is 0 Å². The van der Waals surface area contributed by atoms with Gasteiger partial charge < -0.3 is 12.2 Å². The van der Waals surface area contributed by atoms with Gasteiger partial charge in [-0.1, -0.05) is 0 Å². The molecule has 0 radical (unpaired) electrons. The van der Waals surface area contributed by atoms with E-state index in [0.29, 0.717) is 0 Å². The van der Waals surface area contributed by atoms with Gasteiger partial charge >= 0.3 is 0 Å². The lowest BCUT2D eigenvalue weighted by atomic mass is 12.0. The molecule has 38 valence electrons. The van der Waals surface area contributed by atoms with Gasteiger partial charge in [-0.2, -0.15) is 0 Å². The predicted molar refractivity (Wildman–Crippen MR) is 36.8 cm³/mol. The summed E-state index contributed by atoms with van der Waals surface area (Å²) < 4.78 is 10.3. The second-order valence-corrected chi connectivity index (χ2v) is 1.73. The van der Waals surface area contributed by atoms with E-state index in [0.717, 1.165) is 7.41 Å². The smallest absolute Gasteiger partial charge is 0.0639 e. The zero-order valence-corrected chi connectivity index (χ0v) is 6.15. The molecule has 4 heteroatoms. The molecule has 0 nitrogen and oxygen atoms in total. The van der Waals surface area contributed by atoms with Crippen LogP contribution in [-0.4, -0.2) is 13.0 Å². The van der Waals surface area contributed by atoms with Crippen molar-refractivity contribution in [1.82, 2.24) is 0 Å². The fourth-order valence-corrected chi connectivity index (χ4v) is 0. The van der Waals surface area contributed by atoms with E-state index in [1.165, 1.54) is 6.66 Å². The standard InChI is InChI=1S/CH4FP.CH2PS/c1-3-2;1-2-3/h3H,1H3;1H2/q;-1. The Kier molecular flexibility index (Phi) is 28.1. The summed E-state index contributed by atoms with van der Waals surface area (Å²) in [6, 6.07) is 0. The third-order valence-corrected chi connectivity index (χ3v) is 0. The SMILES string of the molecule is C=P[S-].CPF. The fourth-order valence-electron chi connectivity index (χ4n) is 0. The quantitative estimate of drug-likeness (QED) is 0.369.